The number of hydrogen-bond acceptors (Lipinski definition) is 4. The molecule has 0 heterocycles. The second-order valence-corrected chi connectivity index (χ2v) is 6.40. The van der Waals surface area contributed by atoms with Crippen molar-refractivity contribution in [2.75, 3.05) is 18.8 Å². The highest BCUT2D eigenvalue weighted by molar-refractivity contribution is 7.89. The van der Waals surface area contributed by atoms with Gasteiger partial charge in [-0.2, -0.15) is 0 Å². The lowest BCUT2D eigenvalue weighted by atomic mass is 10.1. The molecule has 4 N–H and O–H groups in total. The molecule has 0 fully saturated rings. The summed E-state index contributed by atoms with van der Waals surface area (Å²) in [4.78, 5) is 11.5. The van der Waals surface area contributed by atoms with Crippen molar-refractivity contribution in [3.63, 3.8) is 0 Å². The number of carbonyl (C=O) groups is 1. The van der Waals surface area contributed by atoms with Crippen LogP contribution < -0.4 is 15.8 Å². The Hall–Kier alpha value is -1.60. The van der Waals surface area contributed by atoms with Crippen molar-refractivity contribution in [3.8, 4) is 0 Å². The molecule has 0 aliphatic rings. The predicted molar refractivity (Wildman–Crippen MR) is 78.8 cm³/mol. The molecule has 0 aliphatic carbocycles. The summed E-state index contributed by atoms with van der Waals surface area (Å²) < 4.78 is 26.4. The van der Waals surface area contributed by atoms with Crippen molar-refractivity contribution in [3.05, 3.63) is 23.3 Å². The minimum absolute atomic E-state index is 0.0707. The Morgan fingerprint density at radius 3 is 2.50 bits per heavy atom. The van der Waals surface area contributed by atoms with E-state index in [2.05, 4.69) is 10.0 Å². The molecule has 0 bridgehead atoms. The third-order valence-corrected chi connectivity index (χ3v) is 4.37. The van der Waals surface area contributed by atoms with Crippen molar-refractivity contribution in [1.82, 2.24) is 10.0 Å². The average molecular weight is 299 g/mol. The van der Waals surface area contributed by atoms with E-state index in [9.17, 15) is 13.2 Å². The Labute approximate surface area is 119 Å². The number of nitrogen functional groups attached to an aromatic ring is 1. The Bertz CT molecular complexity index is 574. The van der Waals surface area contributed by atoms with Gasteiger partial charge in [-0.15, -0.1) is 0 Å². The molecule has 1 aromatic carbocycles. The number of nitrogens with one attached hydrogen (secondary N) is 2. The number of carbonyl (C=O) groups excluding carboxylic acids is 1. The fourth-order valence-electron chi connectivity index (χ4n) is 1.58. The Balaban J connectivity index is 2.82. The molecule has 1 rings (SSSR count). The Kier molecular flexibility index (Phi) is 5.52. The molecule has 0 spiro atoms. The standard InChI is InChI=1S/C13H21N3O3S/c1-4-5-15-13(17)8-16-20(18,19)11-6-9(2)10(3)12(14)7-11/h6-7,16H,4-5,8,14H2,1-3H3,(H,15,17). The maximum atomic E-state index is 12.1. The zero-order chi connectivity index (χ0) is 15.3. The van der Waals surface area contributed by atoms with Crippen LogP contribution in [0.3, 0.4) is 0 Å². The van der Waals surface area contributed by atoms with Gasteiger partial charge in [0.25, 0.3) is 0 Å². The Morgan fingerprint density at radius 1 is 1.30 bits per heavy atom. The molecule has 0 saturated carbocycles. The van der Waals surface area contributed by atoms with Gasteiger partial charge in [0.2, 0.25) is 15.9 Å². The lowest BCUT2D eigenvalue weighted by Crippen LogP contribution is -2.37. The summed E-state index contributed by atoms with van der Waals surface area (Å²) in [6.45, 7) is 5.78. The van der Waals surface area contributed by atoms with Crippen molar-refractivity contribution in [2.45, 2.75) is 32.1 Å². The summed E-state index contributed by atoms with van der Waals surface area (Å²) in [5.74, 6) is -0.354. The fourth-order valence-corrected chi connectivity index (χ4v) is 2.68. The second-order valence-electron chi connectivity index (χ2n) is 4.63. The highest BCUT2D eigenvalue weighted by Crippen LogP contribution is 2.21. The summed E-state index contributed by atoms with van der Waals surface area (Å²) in [5.41, 5.74) is 7.83. The number of anilines is 1. The van der Waals surface area contributed by atoms with E-state index in [0.29, 0.717) is 12.2 Å². The first-order valence-electron chi connectivity index (χ1n) is 6.41. The summed E-state index contributed by atoms with van der Waals surface area (Å²) in [6.07, 6.45) is 0.798. The van der Waals surface area contributed by atoms with E-state index in [-0.39, 0.29) is 17.3 Å². The molecule has 0 atom stereocenters. The van der Waals surface area contributed by atoms with Crippen molar-refractivity contribution < 1.29 is 13.2 Å². The minimum atomic E-state index is -3.73. The quantitative estimate of drug-likeness (QED) is 0.673. The molecular formula is C13H21N3O3S. The zero-order valence-electron chi connectivity index (χ0n) is 12.0. The number of nitrogens with two attached hydrogens (primary N) is 1. The second kappa shape index (κ2) is 6.71. The molecule has 0 aromatic heterocycles. The van der Waals surface area contributed by atoms with Gasteiger partial charge >= 0.3 is 0 Å². The largest absolute Gasteiger partial charge is 0.398 e. The van der Waals surface area contributed by atoms with Crippen molar-refractivity contribution >= 4 is 21.6 Å². The molecule has 0 radical (unpaired) electrons. The molecule has 1 aromatic rings. The first kappa shape index (κ1) is 16.5. The van der Waals surface area contributed by atoms with Gasteiger partial charge in [-0.05, 0) is 43.5 Å². The summed E-state index contributed by atoms with van der Waals surface area (Å²) in [7, 11) is -3.73. The van der Waals surface area contributed by atoms with Gasteiger partial charge in [0.15, 0.2) is 0 Å². The van der Waals surface area contributed by atoms with Crippen molar-refractivity contribution in [1.29, 1.82) is 0 Å². The molecule has 0 saturated heterocycles. The van der Waals surface area contributed by atoms with E-state index >= 15 is 0 Å². The molecular weight excluding hydrogens is 278 g/mol. The number of benzene rings is 1. The van der Waals surface area contributed by atoms with Crippen LogP contribution in [0, 0.1) is 13.8 Å². The maximum Gasteiger partial charge on any atom is 0.241 e. The van der Waals surface area contributed by atoms with E-state index in [0.717, 1.165) is 17.5 Å². The molecule has 112 valence electrons. The number of sulfonamides is 1. The van der Waals surface area contributed by atoms with E-state index in [1.165, 1.54) is 12.1 Å². The first-order chi connectivity index (χ1) is 9.27. The third kappa shape index (κ3) is 4.21. The molecule has 6 nitrogen and oxygen atoms in total. The molecule has 0 unspecified atom stereocenters. The van der Waals surface area contributed by atoms with E-state index < -0.39 is 10.0 Å². The van der Waals surface area contributed by atoms with Crippen LogP contribution in [0.2, 0.25) is 0 Å². The number of rotatable bonds is 6. The van der Waals surface area contributed by atoms with Crippen LogP contribution in [0.4, 0.5) is 5.69 Å². The maximum absolute atomic E-state index is 12.1. The van der Waals surface area contributed by atoms with Gasteiger partial charge in [-0.1, -0.05) is 6.92 Å². The zero-order valence-corrected chi connectivity index (χ0v) is 12.8. The molecule has 7 heteroatoms. The minimum Gasteiger partial charge on any atom is -0.398 e. The van der Waals surface area contributed by atoms with Crippen LogP contribution in [-0.2, 0) is 14.8 Å². The normalized spacial score (nSPS) is 11.3. The lowest BCUT2D eigenvalue weighted by molar-refractivity contribution is -0.119. The van der Waals surface area contributed by atoms with Gasteiger partial charge in [-0.25, -0.2) is 13.1 Å². The molecule has 1 amide bonds. The van der Waals surface area contributed by atoms with Gasteiger partial charge in [0.05, 0.1) is 11.4 Å². The summed E-state index contributed by atoms with van der Waals surface area (Å²) in [6, 6.07) is 2.94. The van der Waals surface area contributed by atoms with E-state index in [1.807, 2.05) is 13.8 Å². The van der Waals surface area contributed by atoms with Crippen LogP contribution in [0.1, 0.15) is 24.5 Å². The highest BCUT2D eigenvalue weighted by atomic mass is 32.2. The number of aryl methyl sites for hydroxylation is 1. The van der Waals surface area contributed by atoms with Gasteiger partial charge < -0.3 is 11.1 Å². The van der Waals surface area contributed by atoms with Crippen LogP contribution in [0.15, 0.2) is 17.0 Å². The molecule has 20 heavy (non-hydrogen) atoms. The first-order valence-corrected chi connectivity index (χ1v) is 7.89. The number of amides is 1. The highest BCUT2D eigenvalue weighted by Gasteiger charge is 2.17. The van der Waals surface area contributed by atoms with Gasteiger partial charge in [-0.3, -0.25) is 4.79 Å². The van der Waals surface area contributed by atoms with Crippen LogP contribution >= 0.6 is 0 Å². The lowest BCUT2D eigenvalue weighted by Gasteiger charge is -2.11. The average Bonchev–Trinajstić information content (AvgIpc) is 2.39. The summed E-state index contributed by atoms with van der Waals surface area (Å²) >= 11 is 0. The third-order valence-electron chi connectivity index (χ3n) is 2.99. The van der Waals surface area contributed by atoms with E-state index in [1.54, 1.807) is 6.92 Å². The smallest absolute Gasteiger partial charge is 0.241 e. The monoisotopic (exact) mass is 299 g/mol. The SMILES string of the molecule is CCCNC(=O)CNS(=O)(=O)c1cc(C)c(C)c(N)c1. The topological polar surface area (TPSA) is 101 Å². The Morgan fingerprint density at radius 2 is 1.95 bits per heavy atom. The molecule has 0 aliphatic heterocycles. The van der Waals surface area contributed by atoms with Crippen LogP contribution in [0.5, 0.6) is 0 Å². The van der Waals surface area contributed by atoms with Gasteiger partial charge in [0.1, 0.15) is 0 Å². The fraction of sp³-hybridized carbons (Fsp3) is 0.462. The van der Waals surface area contributed by atoms with Crippen LogP contribution in [0.25, 0.3) is 0 Å². The predicted octanol–water partition coefficient (Wildman–Crippen LogP) is 0.690. The van der Waals surface area contributed by atoms with E-state index in [4.69, 9.17) is 5.73 Å². The van der Waals surface area contributed by atoms with Gasteiger partial charge in [0, 0.05) is 12.2 Å². The summed E-state index contributed by atoms with van der Waals surface area (Å²) in [5, 5.41) is 2.60. The number of hydrogen-bond donors (Lipinski definition) is 3. The van der Waals surface area contributed by atoms with Crippen molar-refractivity contribution in [2.24, 2.45) is 0 Å². The van der Waals surface area contributed by atoms with Crippen LogP contribution in [-0.4, -0.2) is 27.4 Å².